The highest BCUT2D eigenvalue weighted by molar-refractivity contribution is 8.30. The highest BCUT2D eigenvalue weighted by atomic mass is 32.3. The van der Waals surface area contributed by atoms with Crippen molar-refractivity contribution < 1.29 is 56.8 Å². The van der Waals surface area contributed by atoms with Gasteiger partial charge in [-0.05, 0) is 0 Å². The van der Waals surface area contributed by atoms with Crippen LogP contribution in [0.15, 0.2) is 0 Å². The highest BCUT2D eigenvalue weighted by Crippen LogP contribution is 2.42. The third-order valence-electron chi connectivity index (χ3n) is 1.15. The fourth-order valence-electron chi connectivity index (χ4n) is 0.486. The van der Waals surface area contributed by atoms with Crippen molar-refractivity contribution in [3.05, 3.63) is 3.91 Å². The second-order valence-corrected chi connectivity index (χ2v) is 7.82. The minimum absolute atomic E-state index is 1.45. The maximum absolute atomic E-state index is 12.1. The minimum Gasteiger partial charge on any atom is -0.258 e. The van der Waals surface area contributed by atoms with E-state index in [1.54, 1.807) is 0 Å². The first kappa shape index (κ1) is 19.7. The van der Waals surface area contributed by atoms with E-state index in [0.717, 1.165) is 0 Å². The van der Waals surface area contributed by atoms with Gasteiger partial charge in [-0.3, -0.25) is 16.8 Å². The van der Waals surface area contributed by atoms with Gasteiger partial charge in [-0.25, -0.2) is 4.39 Å². The summed E-state index contributed by atoms with van der Waals surface area (Å²) in [6, 6.07) is -2.61. The summed E-state index contributed by atoms with van der Waals surface area (Å²) in [6.07, 6.45) is -5.56. The van der Waals surface area contributed by atoms with Gasteiger partial charge in [-0.1, -0.05) is 0 Å². The van der Waals surface area contributed by atoms with Crippen LogP contribution < -0.4 is 0 Å². The standard InChI is InChI=1S/C4H2F7O6S3/c5-1-19(12,13)2(18-17-16-3(6,7)8)20(14,15)4(9,10)11/h1H2/q-1. The maximum atomic E-state index is 12.1. The van der Waals surface area contributed by atoms with E-state index in [4.69, 9.17) is 0 Å². The molecule has 0 aromatic carbocycles. The molecule has 0 atom stereocenters. The molecule has 0 unspecified atom stereocenters. The van der Waals surface area contributed by atoms with Gasteiger partial charge in [-0.15, -0.1) is 30.1 Å². The topological polar surface area (TPSA) is 86.7 Å². The average Bonchev–Trinajstić information content (AvgIpc) is 2.20. The zero-order valence-electron chi connectivity index (χ0n) is 8.53. The summed E-state index contributed by atoms with van der Waals surface area (Å²) < 4.78 is 126. The molecule has 0 rings (SSSR count). The van der Waals surface area contributed by atoms with Crippen LogP contribution in [-0.2, 0) is 28.9 Å². The van der Waals surface area contributed by atoms with Crippen LogP contribution in [0.1, 0.15) is 0 Å². The van der Waals surface area contributed by atoms with Crippen molar-refractivity contribution in [2.24, 2.45) is 0 Å². The summed E-state index contributed by atoms with van der Waals surface area (Å²) in [5.74, 6) is 0. The smallest absolute Gasteiger partial charge is 0.258 e. The average molecular weight is 375 g/mol. The molecule has 0 fully saturated rings. The Kier molecular flexibility index (Phi) is 6.10. The van der Waals surface area contributed by atoms with Crippen LogP contribution >= 0.6 is 12.0 Å². The molecule has 0 aromatic heterocycles. The van der Waals surface area contributed by atoms with E-state index in [1.807, 2.05) is 0 Å². The van der Waals surface area contributed by atoms with Gasteiger partial charge in [0.05, 0.1) is 9.84 Å². The molecule has 0 saturated carbocycles. The number of hydrogen-bond donors (Lipinski definition) is 0. The molecule has 0 amide bonds. The summed E-state index contributed by atoms with van der Waals surface area (Å²) in [5.41, 5.74) is -6.20. The fraction of sp³-hybridized carbons (Fsp3) is 0.750. The van der Waals surface area contributed by atoms with Crippen LogP contribution in [0.2, 0.25) is 0 Å². The van der Waals surface area contributed by atoms with E-state index in [0.29, 0.717) is 0 Å². The van der Waals surface area contributed by atoms with E-state index in [-0.39, 0.29) is 0 Å². The highest BCUT2D eigenvalue weighted by Gasteiger charge is 2.47. The summed E-state index contributed by atoms with van der Waals surface area (Å²) >= 11 is -1.45. The van der Waals surface area contributed by atoms with Gasteiger partial charge >= 0.3 is 11.9 Å². The predicted molar refractivity (Wildman–Crippen MR) is 48.9 cm³/mol. The van der Waals surface area contributed by atoms with Gasteiger partial charge in [0.15, 0.2) is 6.01 Å². The van der Waals surface area contributed by atoms with Crippen molar-refractivity contribution >= 4 is 31.7 Å². The lowest BCUT2D eigenvalue weighted by Gasteiger charge is -2.27. The summed E-state index contributed by atoms with van der Waals surface area (Å²) in [6.45, 7) is 0. The second kappa shape index (κ2) is 6.20. The molecule has 122 valence electrons. The Morgan fingerprint density at radius 3 is 1.75 bits per heavy atom. The largest absolute Gasteiger partial charge is 0.550 e. The van der Waals surface area contributed by atoms with Crippen molar-refractivity contribution in [1.82, 2.24) is 0 Å². The van der Waals surface area contributed by atoms with Crippen molar-refractivity contribution in [1.29, 1.82) is 0 Å². The fourth-order valence-corrected chi connectivity index (χ4v) is 4.04. The number of sulfone groups is 2. The van der Waals surface area contributed by atoms with Crippen LogP contribution in [0.4, 0.5) is 30.7 Å². The molecule has 20 heavy (non-hydrogen) atoms. The second-order valence-electron chi connectivity index (χ2n) is 2.60. The number of alkyl halides is 7. The van der Waals surface area contributed by atoms with Gasteiger partial charge in [-0.2, -0.15) is 17.5 Å². The Hall–Kier alpha value is -0.320. The first-order valence-electron chi connectivity index (χ1n) is 3.71. The Balaban J connectivity index is 5.36. The zero-order valence-corrected chi connectivity index (χ0v) is 11.0. The third-order valence-corrected chi connectivity index (χ3v) is 6.52. The SMILES string of the molecule is O=S(=O)(CF)[C-](SOOC(F)(F)F)S(=O)(=O)C(F)(F)F. The van der Waals surface area contributed by atoms with E-state index in [2.05, 4.69) is 9.22 Å². The van der Waals surface area contributed by atoms with Crippen LogP contribution in [0, 0.1) is 3.91 Å². The van der Waals surface area contributed by atoms with Crippen molar-refractivity contribution in [2.75, 3.05) is 6.01 Å². The van der Waals surface area contributed by atoms with Crippen LogP contribution in [0.5, 0.6) is 0 Å². The zero-order chi connectivity index (χ0) is 16.4. The lowest BCUT2D eigenvalue weighted by Crippen LogP contribution is -2.33. The quantitative estimate of drug-likeness (QED) is 0.230. The lowest BCUT2D eigenvalue weighted by molar-refractivity contribution is -0.440. The van der Waals surface area contributed by atoms with Crippen molar-refractivity contribution in [2.45, 2.75) is 11.9 Å². The molecule has 0 aliphatic carbocycles. The van der Waals surface area contributed by atoms with Gasteiger partial charge in [0, 0.05) is 3.91 Å². The summed E-state index contributed by atoms with van der Waals surface area (Å²) in [7, 11) is -12.3. The molecule has 0 spiro atoms. The van der Waals surface area contributed by atoms with E-state index < -0.39 is 53.5 Å². The van der Waals surface area contributed by atoms with Gasteiger partial charge in [0.1, 0.15) is 9.84 Å². The molecule has 0 bridgehead atoms. The van der Waals surface area contributed by atoms with E-state index >= 15 is 0 Å². The van der Waals surface area contributed by atoms with Gasteiger partial charge in [0.25, 0.3) is 0 Å². The predicted octanol–water partition coefficient (Wildman–Crippen LogP) is 1.83. The van der Waals surface area contributed by atoms with Crippen molar-refractivity contribution in [3.8, 4) is 0 Å². The first-order chi connectivity index (χ1) is 8.65. The summed E-state index contributed by atoms with van der Waals surface area (Å²) in [4.78, 5) is 2.43. The molecule has 0 aliphatic heterocycles. The van der Waals surface area contributed by atoms with E-state index in [9.17, 15) is 47.6 Å². The van der Waals surface area contributed by atoms with Crippen LogP contribution in [0.3, 0.4) is 0 Å². The Morgan fingerprint density at radius 1 is 1.00 bits per heavy atom. The normalized spacial score (nSPS) is 14.8. The summed E-state index contributed by atoms with van der Waals surface area (Å²) in [5, 5.41) is 0. The Morgan fingerprint density at radius 2 is 1.45 bits per heavy atom. The monoisotopic (exact) mass is 375 g/mol. The van der Waals surface area contributed by atoms with Crippen LogP contribution in [-0.4, -0.2) is 34.7 Å². The first-order valence-corrected chi connectivity index (χ1v) is 7.59. The number of rotatable bonds is 6. The Labute approximate surface area is 111 Å². The van der Waals surface area contributed by atoms with Gasteiger partial charge < -0.3 is 0 Å². The molecule has 0 aliphatic rings. The van der Waals surface area contributed by atoms with E-state index in [1.165, 1.54) is 0 Å². The number of hydrogen-bond acceptors (Lipinski definition) is 7. The molecule has 16 heteroatoms. The minimum atomic E-state index is -6.65. The molecule has 0 N–H and O–H groups in total. The molecule has 6 nitrogen and oxygen atoms in total. The van der Waals surface area contributed by atoms with Crippen LogP contribution in [0.25, 0.3) is 0 Å². The molecular weight excluding hydrogens is 373 g/mol. The molecule has 0 aromatic rings. The third kappa shape index (κ3) is 5.23. The molecule has 0 heterocycles. The maximum Gasteiger partial charge on any atom is 0.550 e. The Bertz CT molecular complexity index is 518. The lowest BCUT2D eigenvalue weighted by atomic mass is 11.4. The molecular formula is C4H2F7O6S3-. The van der Waals surface area contributed by atoms with Gasteiger partial charge in [0.2, 0.25) is 0 Å². The molecule has 0 saturated heterocycles. The number of halogens is 7. The van der Waals surface area contributed by atoms with Crippen molar-refractivity contribution in [3.63, 3.8) is 0 Å². The molecule has 0 radical (unpaired) electrons.